The number of nitrogens with zero attached hydrogens (tertiary/aromatic N) is 1. The molecule has 2 heterocycles. The highest BCUT2D eigenvalue weighted by Gasteiger charge is 2.23. The second-order valence-electron chi connectivity index (χ2n) is 14.8. The van der Waals surface area contributed by atoms with Gasteiger partial charge in [0.25, 0.3) is 0 Å². The van der Waals surface area contributed by atoms with Crippen LogP contribution < -0.4 is 4.90 Å². The maximum Gasteiger partial charge on any atom is 0.143 e. The van der Waals surface area contributed by atoms with Gasteiger partial charge in [0, 0.05) is 38.2 Å². The number of hydrogen-bond donors (Lipinski definition) is 0. The number of anilines is 3. The van der Waals surface area contributed by atoms with Crippen LogP contribution in [0.15, 0.2) is 209 Å². The van der Waals surface area contributed by atoms with Gasteiger partial charge in [0.15, 0.2) is 0 Å². The van der Waals surface area contributed by atoms with Crippen LogP contribution in [0.2, 0.25) is 0 Å². The fourth-order valence-electron chi connectivity index (χ4n) is 8.97. The second-order valence-corrected chi connectivity index (χ2v) is 14.8. The first-order chi connectivity index (χ1) is 28.3. The molecule has 0 bridgehead atoms. The molecule has 0 saturated carbocycles. The zero-order valence-corrected chi connectivity index (χ0v) is 30.8. The molecule has 0 radical (unpaired) electrons. The van der Waals surface area contributed by atoms with Gasteiger partial charge in [0.2, 0.25) is 0 Å². The molecule has 0 amide bonds. The molecule has 0 aliphatic rings. The summed E-state index contributed by atoms with van der Waals surface area (Å²) in [6, 6.07) is 71.5. The Hall–Kier alpha value is -7.62. The average Bonchev–Trinajstić information content (AvgIpc) is 3.86. The third kappa shape index (κ3) is 4.92. The third-order valence-corrected chi connectivity index (χ3v) is 11.6. The van der Waals surface area contributed by atoms with Crippen LogP contribution in [0.3, 0.4) is 0 Å². The van der Waals surface area contributed by atoms with Crippen molar-refractivity contribution in [2.75, 3.05) is 4.90 Å². The van der Waals surface area contributed by atoms with Crippen LogP contribution in [-0.4, -0.2) is 0 Å². The fourth-order valence-corrected chi connectivity index (χ4v) is 8.97. The Morgan fingerprint density at radius 3 is 1.86 bits per heavy atom. The fraction of sp³-hybridized carbons (Fsp3) is 0. The number of rotatable bonds is 5. The molecule has 12 rings (SSSR count). The van der Waals surface area contributed by atoms with E-state index in [0.717, 1.165) is 94.0 Å². The van der Waals surface area contributed by atoms with E-state index in [-0.39, 0.29) is 0 Å². The van der Waals surface area contributed by atoms with Gasteiger partial charge < -0.3 is 13.7 Å². The molecular weight excluding hydrogens is 695 g/mol. The maximum atomic E-state index is 6.72. The molecule has 57 heavy (non-hydrogen) atoms. The van der Waals surface area contributed by atoms with Crippen molar-refractivity contribution in [2.45, 2.75) is 0 Å². The molecule has 2 aromatic heterocycles. The van der Waals surface area contributed by atoms with Gasteiger partial charge in [-0.2, -0.15) is 0 Å². The lowest BCUT2D eigenvalue weighted by Crippen LogP contribution is -2.11. The number of benzene rings is 10. The van der Waals surface area contributed by atoms with Gasteiger partial charge >= 0.3 is 0 Å². The normalized spacial score (nSPS) is 11.9. The first-order valence-electron chi connectivity index (χ1n) is 19.4. The van der Waals surface area contributed by atoms with Crippen molar-refractivity contribution in [1.29, 1.82) is 0 Å². The molecule has 0 N–H and O–H groups in total. The van der Waals surface area contributed by atoms with Crippen LogP contribution in [0.4, 0.5) is 17.1 Å². The average molecular weight is 728 g/mol. The molecule has 3 heteroatoms. The lowest BCUT2D eigenvalue weighted by atomic mass is 9.97. The summed E-state index contributed by atoms with van der Waals surface area (Å²) in [6.07, 6.45) is 0. The van der Waals surface area contributed by atoms with E-state index in [1.54, 1.807) is 0 Å². The molecule has 266 valence electrons. The summed E-state index contributed by atoms with van der Waals surface area (Å²) in [5.74, 6) is 0. The van der Waals surface area contributed by atoms with E-state index in [9.17, 15) is 0 Å². The SMILES string of the molecule is c1ccc(-c2cccc3c2oc2ccc(-c4ccc(N(c5cc6ccccc6c6ccccc56)c5cccc6oc7c8ccccc8ccc7c56)cc4)cc23)cc1. The molecule has 0 fully saturated rings. The summed E-state index contributed by atoms with van der Waals surface area (Å²) < 4.78 is 13.2. The van der Waals surface area contributed by atoms with Gasteiger partial charge in [0.1, 0.15) is 22.3 Å². The van der Waals surface area contributed by atoms with Crippen LogP contribution in [0.25, 0.3) is 98.4 Å². The summed E-state index contributed by atoms with van der Waals surface area (Å²) >= 11 is 0. The Bertz CT molecular complexity index is 3520. The van der Waals surface area contributed by atoms with Crippen molar-refractivity contribution < 1.29 is 8.83 Å². The van der Waals surface area contributed by atoms with Gasteiger partial charge in [-0.1, -0.05) is 152 Å². The quantitative estimate of drug-likeness (QED) is 0.165. The zero-order valence-electron chi connectivity index (χ0n) is 30.8. The summed E-state index contributed by atoms with van der Waals surface area (Å²) in [4.78, 5) is 2.42. The highest BCUT2D eigenvalue weighted by atomic mass is 16.3. The lowest BCUT2D eigenvalue weighted by Gasteiger charge is -2.28. The summed E-state index contributed by atoms with van der Waals surface area (Å²) in [6.45, 7) is 0. The Morgan fingerprint density at radius 1 is 0.316 bits per heavy atom. The molecular formula is C54H33NO2. The van der Waals surface area contributed by atoms with Crippen LogP contribution >= 0.6 is 0 Å². The topological polar surface area (TPSA) is 29.5 Å². The van der Waals surface area contributed by atoms with Crippen LogP contribution in [0.5, 0.6) is 0 Å². The van der Waals surface area contributed by atoms with Crippen molar-refractivity contribution in [3.8, 4) is 22.3 Å². The smallest absolute Gasteiger partial charge is 0.143 e. The minimum Gasteiger partial charge on any atom is -0.455 e. The minimum atomic E-state index is 0.863. The molecule has 0 saturated heterocycles. The van der Waals surface area contributed by atoms with E-state index in [4.69, 9.17) is 8.83 Å². The van der Waals surface area contributed by atoms with E-state index in [1.165, 1.54) is 21.5 Å². The minimum absolute atomic E-state index is 0.863. The predicted octanol–water partition coefficient (Wildman–Crippen LogP) is 15.7. The van der Waals surface area contributed by atoms with Gasteiger partial charge in [0.05, 0.1) is 16.8 Å². The van der Waals surface area contributed by atoms with Crippen molar-refractivity contribution >= 4 is 93.3 Å². The summed E-state index contributed by atoms with van der Waals surface area (Å²) in [5, 5.41) is 11.5. The Labute approximate surface area is 328 Å². The Balaban J connectivity index is 1.06. The van der Waals surface area contributed by atoms with E-state index in [1.807, 2.05) is 6.07 Å². The number of hydrogen-bond acceptors (Lipinski definition) is 3. The van der Waals surface area contributed by atoms with E-state index in [0.29, 0.717) is 0 Å². The summed E-state index contributed by atoms with van der Waals surface area (Å²) in [7, 11) is 0. The number of fused-ring (bicyclic) bond motifs is 11. The number of furan rings is 2. The Morgan fingerprint density at radius 2 is 1.00 bits per heavy atom. The highest BCUT2D eigenvalue weighted by molar-refractivity contribution is 6.21. The molecule has 0 spiro atoms. The molecule has 10 aromatic carbocycles. The summed E-state index contributed by atoms with van der Waals surface area (Å²) in [5.41, 5.74) is 11.3. The molecule has 0 aliphatic carbocycles. The van der Waals surface area contributed by atoms with E-state index in [2.05, 4.69) is 199 Å². The van der Waals surface area contributed by atoms with Crippen LogP contribution in [-0.2, 0) is 0 Å². The van der Waals surface area contributed by atoms with Crippen molar-refractivity contribution in [1.82, 2.24) is 0 Å². The van der Waals surface area contributed by atoms with Crippen molar-refractivity contribution in [3.05, 3.63) is 200 Å². The van der Waals surface area contributed by atoms with Crippen LogP contribution in [0.1, 0.15) is 0 Å². The van der Waals surface area contributed by atoms with Gasteiger partial charge in [-0.15, -0.1) is 0 Å². The third-order valence-electron chi connectivity index (χ3n) is 11.6. The van der Waals surface area contributed by atoms with Gasteiger partial charge in [-0.05, 0) is 86.8 Å². The standard InChI is InChI=1S/C54H33NO2/c1-2-12-35(13-3-1)42-20-10-21-45-47-32-37(27-31-50(47)56-53(42)45)34-24-28-39(29-25-34)55(49-33-38-15-5-6-16-40(38)43-18-8-9-19-44(43)49)48-22-11-23-51-52(48)46-30-26-36-14-4-7-17-41(36)54(46)57-51/h1-33H. The van der Waals surface area contributed by atoms with Gasteiger partial charge in [-0.25, -0.2) is 0 Å². The molecule has 0 aliphatic heterocycles. The van der Waals surface area contributed by atoms with Gasteiger partial charge in [-0.3, -0.25) is 0 Å². The first-order valence-corrected chi connectivity index (χ1v) is 19.4. The second kappa shape index (κ2) is 12.5. The zero-order chi connectivity index (χ0) is 37.5. The lowest BCUT2D eigenvalue weighted by molar-refractivity contribution is 0.670. The van der Waals surface area contributed by atoms with Crippen molar-refractivity contribution in [3.63, 3.8) is 0 Å². The van der Waals surface area contributed by atoms with E-state index >= 15 is 0 Å². The molecule has 12 aromatic rings. The molecule has 3 nitrogen and oxygen atoms in total. The molecule has 0 atom stereocenters. The van der Waals surface area contributed by atoms with Crippen molar-refractivity contribution in [2.24, 2.45) is 0 Å². The molecule has 0 unspecified atom stereocenters. The first kappa shape index (κ1) is 31.7. The monoisotopic (exact) mass is 727 g/mol. The highest BCUT2D eigenvalue weighted by Crippen LogP contribution is 2.47. The Kier molecular flexibility index (Phi) is 6.93. The van der Waals surface area contributed by atoms with E-state index < -0.39 is 0 Å². The largest absolute Gasteiger partial charge is 0.455 e. The number of para-hydroxylation sites is 1. The van der Waals surface area contributed by atoms with Crippen LogP contribution in [0, 0.1) is 0 Å². The maximum absolute atomic E-state index is 6.72. The predicted molar refractivity (Wildman–Crippen MR) is 239 cm³/mol.